The summed E-state index contributed by atoms with van der Waals surface area (Å²) in [6.45, 7) is 11.6. The molecule has 0 saturated carbocycles. The van der Waals surface area contributed by atoms with Gasteiger partial charge in [-0.15, -0.1) is 0 Å². The summed E-state index contributed by atoms with van der Waals surface area (Å²) < 4.78 is 5.56. The molecule has 0 atom stereocenters. The van der Waals surface area contributed by atoms with E-state index in [4.69, 9.17) is 4.42 Å². The summed E-state index contributed by atoms with van der Waals surface area (Å²) >= 11 is 0. The smallest absolute Gasteiger partial charge is 0.226 e. The molecule has 3 nitrogen and oxygen atoms in total. The highest BCUT2D eigenvalue weighted by molar-refractivity contribution is 5.54. The minimum absolute atomic E-state index is 0.168. The van der Waals surface area contributed by atoms with Crippen LogP contribution in [0.3, 0.4) is 0 Å². The van der Waals surface area contributed by atoms with Crippen LogP contribution in [-0.4, -0.2) is 11.0 Å². The van der Waals surface area contributed by atoms with Crippen molar-refractivity contribution in [2.45, 2.75) is 52.6 Å². The molecule has 0 aliphatic rings. The Morgan fingerprint density at radius 3 is 2.35 bits per heavy atom. The molecular formula is C17H24N2O. The van der Waals surface area contributed by atoms with Crippen LogP contribution in [0.2, 0.25) is 0 Å². The summed E-state index contributed by atoms with van der Waals surface area (Å²) in [5.41, 5.74) is 3.44. The van der Waals surface area contributed by atoms with E-state index in [0.717, 1.165) is 17.8 Å². The molecule has 20 heavy (non-hydrogen) atoms. The van der Waals surface area contributed by atoms with Gasteiger partial charge < -0.3 is 9.73 Å². The number of hydrogen-bond donors (Lipinski definition) is 1. The molecule has 0 aliphatic carbocycles. The van der Waals surface area contributed by atoms with E-state index >= 15 is 0 Å². The zero-order chi connectivity index (χ0) is 14.8. The van der Waals surface area contributed by atoms with Crippen molar-refractivity contribution in [1.29, 1.82) is 0 Å². The van der Waals surface area contributed by atoms with E-state index in [1.54, 1.807) is 6.26 Å². The maximum atomic E-state index is 5.56. The topological polar surface area (TPSA) is 38.1 Å². The van der Waals surface area contributed by atoms with E-state index in [0.29, 0.717) is 11.9 Å². The molecule has 0 fully saturated rings. The van der Waals surface area contributed by atoms with Gasteiger partial charge in [0, 0.05) is 18.2 Å². The Balaban J connectivity index is 2.12. The molecule has 2 rings (SSSR count). The summed E-state index contributed by atoms with van der Waals surface area (Å²) in [4.78, 5) is 4.52. The van der Waals surface area contributed by atoms with E-state index in [1.165, 1.54) is 5.56 Å². The average molecular weight is 272 g/mol. The number of nitrogens with one attached hydrogen (secondary N) is 1. The molecular weight excluding hydrogens is 248 g/mol. The minimum atomic E-state index is 0.168. The molecule has 0 unspecified atom stereocenters. The van der Waals surface area contributed by atoms with Crippen molar-refractivity contribution in [3.63, 3.8) is 0 Å². The standard InChI is InChI=1S/C17H24N2O/c1-12(2)18-10-15-11-20-16(19-15)13-6-8-14(9-7-13)17(3,4)5/h6-9,11-12,18H,10H2,1-5H3. The first-order valence-electron chi connectivity index (χ1n) is 7.15. The lowest BCUT2D eigenvalue weighted by molar-refractivity contribution is 0.559. The summed E-state index contributed by atoms with van der Waals surface area (Å²) in [7, 11) is 0. The van der Waals surface area contributed by atoms with Crippen LogP contribution in [0, 0.1) is 0 Å². The normalized spacial score (nSPS) is 12.1. The molecule has 0 saturated heterocycles. The summed E-state index contributed by atoms with van der Waals surface area (Å²) in [6.07, 6.45) is 1.72. The van der Waals surface area contributed by atoms with Gasteiger partial charge in [-0.25, -0.2) is 4.98 Å². The number of oxazole rings is 1. The van der Waals surface area contributed by atoms with Crippen LogP contribution in [0.25, 0.3) is 11.5 Å². The first-order valence-corrected chi connectivity index (χ1v) is 7.15. The van der Waals surface area contributed by atoms with E-state index in [1.807, 2.05) is 0 Å². The summed E-state index contributed by atoms with van der Waals surface area (Å²) in [5, 5.41) is 3.33. The third kappa shape index (κ3) is 3.70. The average Bonchev–Trinajstić information content (AvgIpc) is 2.84. The first kappa shape index (κ1) is 14.8. The molecule has 3 heteroatoms. The Hall–Kier alpha value is -1.61. The Labute approximate surface area is 121 Å². The first-order chi connectivity index (χ1) is 9.36. The quantitative estimate of drug-likeness (QED) is 0.909. The van der Waals surface area contributed by atoms with Crippen LogP contribution in [-0.2, 0) is 12.0 Å². The van der Waals surface area contributed by atoms with Crippen molar-refractivity contribution in [2.24, 2.45) is 0 Å². The van der Waals surface area contributed by atoms with E-state index in [2.05, 4.69) is 69.2 Å². The molecule has 0 aliphatic heterocycles. The van der Waals surface area contributed by atoms with Gasteiger partial charge in [0.15, 0.2) is 0 Å². The molecule has 1 aromatic heterocycles. The largest absolute Gasteiger partial charge is 0.444 e. The molecule has 0 spiro atoms. The van der Waals surface area contributed by atoms with Crippen LogP contribution < -0.4 is 5.32 Å². The fraction of sp³-hybridized carbons (Fsp3) is 0.471. The van der Waals surface area contributed by atoms with Crippen molar-refractivity contribution in [3.8, 4) is 11.5 Å². The molecule has 1 N–H and O–H groups in total. The Kier molecular flexibility index (Phi) is 4.29. The summed E-state index contributed by atoms with van der Waals surface area (Å²) in [5.74, 6) is 0.686. The van der Waals surface area contributed by atoms with Crippen LogP contribution in [0.15, 0.2) is 34.9 Å². The molecule has 0 radical (unpaired) electrons. The predicted octanol–water partition coefficient (Wildman–Crippen LogP) is 4.14. The van der Waals surface area contributed by atoms with Gasteiger partial charge in [-0.1, -0.05) is 46.8 Å². The van der Waals surface area contributed by atoms with Gasteiger partial charge in [0.25, 0.3) is 0 Å². The number of rotatable bonds is 4. The lowest BCUT2D eigenvalue weighted by Crippen LogP contribution is -2.21. The maximum Gasteiger partial charge on any atom is 0.226 e. The number of nitrogens with zero attached hydrogens (tertiary/aromatic N) is 1. The van der Waals surface area contributed by atoms with E-state index in [-0.39, 0.29) is 5.41 Å². The van der Waals surface area contributed by atoms with Crippen LogP contribution in [0.1, 0.15) is 45.9 Å². The fourth-order valence-corrected chi connectivity index (χ4v) is 1.94. The van der Waals surface area contributed by atoms with Crippen molar-refractivity contribution in [2.75, 3.05) is 0 Å². The van der Waals surface area contributed by atoms with Crippen molar-refractivity contribution >= 4 is 0 Å². The second kappa shape index (κ2) is 5.80. The molecule has 1 aromatic carbocycles. The molecule has 0 amide bonds. The molecule has 1 heterocycles. The van der Waals surface area contributed by atoms with E-state index in [9.17, 15) is 0 Å². The van der Waals surface area contributed by atoms with Gasteiger partial charge in [-0.2, -0.15) is 0 Å². The molecule has 2 aromatic rings. The highest BCUT2D eigenvalue weighted by Gasteiger charge is 2.14. The Bertz CT molecular complexity index is 547. The van der Waals surface area contributed by atoms with E-state index < -0.39 is 0 Å². The van der Waals surface area contributed by atoms with Crippen LogP contribution >= 0.6 is 0 Å². The fourth-order valence-electron chi connectivity index (χ4n) is 1.94. The maximum absolute atomic E-state index is 5.56. The van der Waals surface area contributed by atoms with Gasteiger partial charge in [0.05, 0.1) is 5.69 Å². The van der Waals surface area contributed by atoms with Crippen LogP contribution in [0.5, 0.6) is 0 Å². The van der Waals surface area contributed by atoms with Crippen LogP contribution in [0.4, 0.5) is 0 Å². The minimum Gasteiger partial charge on any atom is -0.444 e. The second-order valence-electron chi connectivity index (χ2n) is 6.51. The zero-order valence-corrected chi connectivity index (χ0v) is 13.0. The highest BCUT2D eigenvalue weighted by atomic mass is 16.3. The lowest BCUT2D eigenvalue weighted by Gasteiger charge is -2.18. The Morgan fingerprint density at radius 2 is 1.80 bits per heavy atom. The number of hydrogen-bond acceptors (Lipinski definition) is 3. The van der Waals surface area contributed by atoms with Gasteiger partial charge in [-0.3, -0.25) is 0 Å². The number of benzene rings is 1. The predicted molar refractivity (Wildman–Crippen MR) is 82.6 cm³/mol. The lowest BCUT2D eigenvalue weighted by atomic mass is 9.87. The van der Waals surface area contributed by atoms with Crippen molar-refractivity contribution < 1.29 is 4.42 Å². The summed E-state index contributed by atoms with van der Waals surface area (Å²) in [6, 6.07) is 8.89. The van der Waals surface area contributed by atoms with Gasteiger partial charge >= 0.3 is 0 Å². The molecule has 108 valence electrons. The molecule has 0 bridgehead atoms. The SMILES string of the molecule is CC(C)NCc1coc(-c2ccc(C(C)(C)C)cc2)n1. The zero-order valence-electron chi connectivity index (χ0n) is 13.0. The third-order valence-corrected chi connectivity index (χ3v) is 3.24. The highest BCUT2D eigenvalue weighted by Crippen LogP contribution is 2.25. The van der Waals surface area contributed by atoms with Gasteiger partial charge in [-0.05, 0) is 23.1 Å². The van der Waals surface area contributed by atoms with Gasteiger partial charge in [0.2, 0.25) is 5.89 Å². The number of aromatic nitrogens is 1. The van der Waals surface area contributed by atoms with Crippen molar-refractivity contribution in [3.05, 3.63) is 41.8 Å². The monoisotopic (exact) mass is 272 g/mol. The third-order valence-electron chi connectivity index (χ3n) is 3.24. The Morgan fingerprint density at radius 1 is 1.15 bits per heavy atom. The van der Waals surface area contributed by atoms with Crippen molar-refractivity contribution in [1.82, 2.24) is 10.3 Å². The van der Waals surface area contributed by atoms with Gasteiger partial charge in [0.1, 0.15) is 6.26 Å². The second-order valence-corrected chi connectivity index (χ2v) is 6.51.